The molecule has 68 valence electrons. The number of halogens is 2. The van der Waals surface area contributed by atoms with Crippen LogP contribution < -0.4 is 0 Å². The Morgan fingerprint density at radius 2 is 1.82 bits per heavy atom. The van der Waals surface area contributed by atoms with Crippen molar-refractivity contribution in [3.05, 3.63) is 0 Å². The fourth-order valence-corrected chi connectivity index (χ4v) is 3.28. The summed E-state index contributed by atoms with van der Waals surface area (Å²) in [5.74, 6) is 0.939. The second kappa shape index (κ2) is 5.38. The highest BCUT2D eigenvalue weighted by Gasteiger charge is 2.34. The zero-order chi connectivity index (χ0) is 8.91. The molecule has 0 bridgehead atoms. The van der Waals surface area contributed by atoms with Crippen molar-refractivity contribution in [3.63, 3.8) is 0 Å². The van der Waals surface area contributed by atoms with Gasteiger partial charge in [0.2, 0.25) is 0 Å². The van der Waals surface area contributed by atoms with Crippen LogP contribution in [0.4, 0.5) is 0 Å². The van der Waals surface area contributed by atoms with Crippen LogP contribution in [-0.4, -0.2) is 28.0 Å². The normalized spacial score (nSPS) is 15.0. The van der Waals surface area contributed by atoms with E-state index in [2.05, 4.69) is 0 Å². The van der Waals surface area contributed by atoms with Gasteiger partial charge in [-0.15, -0.1) is 11.6 Å². The van der Waals surface area contributed by atoms with Crippen LogP contribution in [0.5, 0.6) is 0 Å². The average molecular weight is 217 g/mol. The number of rotatable bonds is 5. The lowest BCUT2D eigenvalue weighted by atomic mass is 10.3. The molecule has 0 aliphatic heterocycles. The maximum Gasteiger partial charge on any atom is 0.442 e. The summed E-state index contributed by atoms with van der Waals surface area (Å²) in [7, 11) is 0.753. The van der Waals surface area contributed by atoms with Gasteiger partial charge in [0, 0.05) is 26.1 Å². The van der Waals surface area contributed by atoms with E-state index >= 15 is 0 Å². The van der Waals surface area contributed by atoms with Gasteiger partial charge in [0.05, 0.1) is 0 Å². The summed E-state index contributed by atoms with van der Waals surface area (Å²) < 4.78 is 10.2. The molecule has 0 aliphatic rings. The molecular weight excluding hydrogens is 203 g/mol. The molecule has 2 nitrogen and oxygen atoms in total. The zero-order valence-corrected chi connectivity index (χ0v) is 9.58. The molecule has 1 atom stereocenters. The lowest BCUT2D eigenvalue weighted by Crippen LogP contribution is -2.35. The second-order valence-electron chi connectivity index (χ2n) is 2.53. The summed E-state index contributed by atoms with van der Waals surface area (Å²) in [6.45, 7) is 2.02. The molecule has 0 rings (SSSR count). The molecule has 0 radical (unpaired) electrons. The summed E-state index contributed by atoms with van der Waals surface area (Å²) >= 11 is 11.6. The maximum atomic E-state index is 6.02. The summed E-state index contributed by atoms with van der Waals surface area (Å²) in [4.78, 5) is 0. The fourth-order valence-electron chi connectivity index (χ4n) is 0.721. The number of alkyl halides is 1. The highest BCUT2D eigenvalue weighted by molar-refractivity contribution is 7.12. The molecule has 1 unspecified atom stereocenters. The largest absolute Gasteiger partial charge is 0.442 e. The Hall–Kier alpha value is 0.717. The maximum absolute atomic E-state index is 6.02. The van der Waals surface area contributed by atoms with Gasteiger partial charge in [-0.25, -0.2) is 0 Å². The summed E-state index contributed by atoms with van der Waals surface area (Å²) in [5, 5.41) is 0. The van der Waals surface area contributed by atoms with E-state index in [1.165, 1.54) is 0 Å². The predicted molar refractivity (Wildman–Crippen MR) is 50.3 cm³/mol. The van der Waals surface area contributed by atoms with Gasteiger partial charge < -0.3 is 8.85 Å². The first-order valence-corrected chi connectivity index (χ1v) is 7.00. The third kappa shape index (κ3) is 4.33. The lowest BCUT2D eigenvalue weighted by molar-refractivity contribution is 0.261. The van der Waals surface area contributed by atoms with Crippen molar-refractivity contribution in [2.75, 3.05) is 20.1 Å². The minimum absolute atomic E-state index is 0.348. The van der Waals surface area contributed by atoms with Crippen LogP contribution in [0, 0.1) is 5.92 Å². The van der Waals surface area contributed by atoms with Gasteiger partial charge in [0.15, 0.2) is 0 Å². The molecular formula is C6H14Cl2O2Si. The lowest BCUT2D eigenvalue weighted by Gasteiger charge is -2.21. The van der Waals surface area contributed by atoms with Gasteiger partial charge in [-0.1, -0.05) is 18.0 Å². The minimum atomic E-state index is -2.39. The summed E-state index contributed by atoms with van der Waals surface area (Å²) in [6, 6.07) is 0.727. The molecule has 0 aromatic carbocycles. The summed E-state index contributed by atoms with van der Waals surface area (Å²) in [6.07, 6.45) is 0. The second-order valence-corrected chi connectivity index (χ2v) is 7.11. The Morgan fingerprint density at radius 3 is 2.09 bits per heavy atom. The van der Waals surface area contributed by atoms with Crippen LogP contribution in [0.15, 0.2) is 0 Å². The third-order valence-electron chi connectivity index (χ3n) is 1.47. The van der Waals surface area contributed by atoms with Gasteiger partial charge in [0.1, 0.15) is 0 Å². The van der Waals surface area contributed by atoms with Crippen LogP contribution in [0.2, 0.25) is 6.04 Å². The topological polar surface area (TPSA) is 18.5 Å². The Bertz CT molecular complexity index is 109. The fraction of sp³-hybridized carbons (Fsp3) is 1.00. The first kappa shape index (κ1) is 11.7. The van der Waals surface area contributed by atoms with Crippen LogP contribution in [0.1, 0.15) is 6.92 Å². The molecule has 11 heavy (non-hydrogen) atoms. The molecule has 0 saturated heterocycles. The van der Waals surface area contributed by atoms with Crippen LogP contribution in [0.3, 0.4) is 0 Å². The third-order valence-corrected chi connectivity index (χ3v) is 5.78. The van der Waals surface area contributed by atoms with E-state index in [4.69, 9.17) is 31.5 Å². The molecule has 0 saturated carbocycles. The molecule has 0 amide bonds. The molecule has 0 aromatic rings. The Labute approximate surface area is 78.7 Å². The van der Waals surface area contributed by atoms with Gasteiger partial charge in [-0.05, 0) is 5.92 Å². The van der Waals surface area contributed by atoms with E-state index in [-0.39, 0.29) is 0 Å². The minimum Gasteiger partial charge on any atom is -0.386 e. The standard InChI is InChI=1S/C6H14Cl2O2Si/c1-6(4-7)5-11(8,9-2)10-3/h6H,4-5H2,1-3H3. The van der Waals surface area contributed by atoms with Gasteiger partial charge in [-0.3, -0.25) is 0 Å². The van der Waals surface area contributed by atoms with E-state index in [0.717, 1.165) is 6.04 Å². The molecule has 5 heteroatoms. The van der Waals surface area contributed by atoms with E-state index in [9.17, 15) is 0 Å². The molecule has 0 heterocycles. The van der Waals surface area contributed by atoms with E-state index in [1.54, 1.807) is 14.2 Å². The highest BCUT2D eigenvalue weighted by atomic mass is 35.6. The SMILES string of the molecule is CO[Si](Cl)(CC(C)CCl)OC. The van der Waals surface area contributed by atoms with Crippen molar-refractivity contribution in [3.8, 4) is 0 Å². The van der Waals surface area contributed by atoms with Crippen LogP contribution >= 0.6 is 22.7 Å². The van der Waals surface area contributed by atoms with E-state index in [1.807, 2.05) is 6.92 Å². The quantitative estimate of drug-likeness (QED) is 0.399. The first-order valence-electron chi connectivity index (χ1n) is 3.43. The van der Waals surface area contributed by atoms with Crippen molar-refractivity contribution < 1.29 is 8.85 Å². The Morgan fingerprint density at radius 1 is 1.36 bits per heavy atom. The summed E-state index contributed by atoms with van der Waals surface area (Å²) in [5.41, 5.74) is 0. The Kier molecular flexibility index (Phi) is 5.73. The Balaban J connectivity index is 3.86. The smallest absolute Gasteiger partial charge is 0.386 e. The molecule has 0 N–H and O–H groups in total. The van der Waals surface area contributed by atoms with E-state index < -0.39 is 7.87 Å². The van der Waals surface area contributed by atoms with Gasteiger partial charge in [-0.2, -0.15) is 0 Å². The molecule has 0 spiro atoms. The van der Waals surface area contributed by atoms with Crippen LogP contribution in [0.25, 0.3) is 0 Å². The van der Waals surface area contributed by atoms with Crippen LogP contribution in [-0.2, 0) is 8.85 Å². The first-order chi connectivity index (χ1) is 5.08. The van der Waals surface area contributed by atoms with Crippen molar-refractivity contribution in [1.82, 2.24) is 0 Å². The van der Waals surface area contributed by atoms with Gasteiger partial charge >= 0.3 is 7.87 Å². The van der Waals surface area contributed by atoms with Crippen molar-refractivity contribution >= 4 is 30.6 Å². The zero-order valence-electron chi connectivity index (χ0n) is 7.06. The van der Waals surface area contributed by atoms with Crippen molar-refractivity contribution in [2.24, 2.45) is 5.92 Å². The molecule has 0 fully saturated rings. The number of hydrogen-bond acceptors (Lipinski definition) is 2. The highest BCUT2D eigenvalue weighted by Crippen LogP contribution is 2.22. The van der Waals surface area contributed by atoms with Gasteiger partial charge in [0.25, 0.3) is 0 Å². The average Bonchev–Trinajstić information content (AvgIpc) is 2.04. The number of hydrogen-bond donors (Lipinski definition) is 0. The molecule has 0 aromatic heterocycles. The van der Waals surface area contributed by atoms with Crippen molar-refractivity contribution in [1.29, 1.82) is 0 Å². The van der Waals surface area contributed by atoms with Crippen molar-refractivity contribution in [2.45, 2.75) is 13.0 Å². The van der Waals surface area contributed by atoms with E-state index in [0.29, 0.717) is 11.8 Å². The molecule has 0 aliphatic carbocycles. The monoisotopic (exact) mass is 216 g/mol. The predicted octanol–water partition coefficient (Wildman–Crippen LogP) is 2.33.